The van der Waals surface area contributed by atoms with Crippen molar-refractivity contribution in [3.63, 3.8) is 0 Å². The topological polar surface area (TPSA) is 90.1 Å². The lowest BCUT2D eigenvalue weighted by atomic mass is 10.2. The highest BCUT2D eigenvalue weighted by molar-refractivity contribution is 5.79. The van der Waals surface area contributed by atoms with E-state index < -0.39 is 0 Å². The Morgan fingerprint density at radius 3 is 2.31 bits per heavy atom. The van der Waals surface area contributed by atoms with Crippen LogP contribution < -0.4 is 24.8 Å². The van der Waals surface area contributed by atoms with E-state index in [-0.39, 0.29) is 5.82 Å². The molecule has 0 atom stereocenters. The van der Waals surface area contributed by atoms with Gasteiger partial charge in [-0.3, -0.25) is 4.99 Å². The number of oxazole rings is 1. The number of benzene rings is 2. The Hall–Kier alpha value is -3.75. The molecule has 0 saturated carbocycles. The molecule has 9 heteroatoms. The number of guanidine groups is 1. The normalized spacial score (nSPS) is 11.2. The largest absolute Gasteiger partial charge is 0.493 e. The first kappa shape index (κ1) is 22.9. The summed E-state index contributed by atoms with van der Waals surface area (Å²) in [6.45, 7) is 1.11. The molecule has 3 aromatic rings. The van der Waals surface area contributed by atoms with Gasteiger partial charge in [0.2, 0.25) is 11.6 Å². The van der Waals surface area contributed by atoms with E-state index in [0.29, 0.717) is 48.6 Å². The lowest BCUT2D eigenvalue weighted by Gasteiger charge is -2.15. The molecule has 0 aliphatic rings. The molecule has 0 spiro atoms. The molecule has 32 heavy (non-hydrogen) atoms. The number of nitrogens with zero attached hydrogens (tertiary/aromatic N) is 2. The van der Waals surface area contributed by atoms with Gasteiger partial charge in [0.05, 0.1) is 27.0 Å². The van der Waals surface area contributed by atoms with Gasteiger partial charge in [0.25, 0.3) is 0 Å². The number of ether oxygens (including phenoxy) is 3. The van der Waals surface area contributed by atoms with Gasteiger partial charge in [-0.2, -0.15) is 0 Å². The first-order chi connectivity index (χ1) is 15.6. The number of hydrogen-bond acceptors (Lipinski definition) is 6. The molecule has 0 radical (unpaired) electrons. The van der Waals surface area contributed by atoms with Crippen molar-refractivity contribution >= 4 is 5.96 Å². The minimum atomic E-state index is -0.296. The molecule has 1 heterocycles. The molecule has 0 aliphatic carbocycles. The zero-order chi connectivity index (χ0) is 22.9. The summed E-state index contributed by atoms with van der Waals surface area (Å²) in [5, 5.41) is 6.50. The summed E-state index contributed by atoms with van der Waals surface area (Å²) in [5.41, 5.74) is 2.47. The maximum absolute atomic E-state index is 13.1. The van der Waals surface area contributed by atoms with Crippen LogP contribution in [0, 0.1) is 5.82 Å². The maximum atomic E-state index is 13.1. The van der Waals surface area contributed by atoms with E-state index in [0.717, 1.165) is 16.8 Å². The fourth-order valence-electron chi connectivity index (χ4n) is 3.10. The van der Waals surface area contributed by atoms with Crippen LogP contribution in [0.3, 0.4) is 0 Å². The predicted molar refractivity (Wildman–Crippen MR) is 120 cm³/mol. The summed E-state index contributed by atoms with van der Waals surface area (Å²) in [6, 6.07) is 9.80. The molecule has 8 nitrogen and oxygen atoms in total. The average Bonchev–Trinajstić information content (AvgIpc) is 3.29. The van der Waals surface area contributed by atoms with Crippen LogP contribution in [0.25, 0.3) is 11.5 Å². The summed E-state index contributed by atoms with van der Waals surface area (Å²) in [6.07, 6.45) is 2.24. The fraction of sp³-hybridized carbons (Fsp3) is 0.304. The highest BCUT2D eigenvalue weighted by Gasteiger charge is 2.13. The Labute approximate surface area is 186 Å². The number of aliphatic imine (C=N–C) groups is 1. The third-order valence-corrected chi connectivity index (χ3v) is 4.72. The quantitative estimate of drug-likeness (QED) is 0.388. The smallest absolute Gasteiger partial charge is 0.226 e. The van der Waals surface area contributed by atoms with Crippen LogP contribution in [0.4, 0.5) is 4.39 Å². The van der Waals surface area contributed by atoms with Crippen molar-refractivity contribution in [1.29, 1.82) is 0 Å². The number of halogens is 1. The van der Waals surface area contributed by atoms with Gasteiger partial charge in [0, 0.05) is 32.1 Å². The third-order valence-electron chi connectivity index (χ3n) is 4.72. The second-order valence-electron chi connectivity index (χ2n) is 6.79. The van der Waals surface area contributed by atoms with E-state index in [1.165, 1.54) is 12.1 Å². The van der Waals surface area contributed by atoms with Crippen molar-refractivity contribution in [1.82, 2.24) is 15.6 Å². The number of aromatic nitrogens is 1. The van der Waals surface area contributed by atoms with Gasteiger partial charge in [-0.1, -0.05) is 0 Å². The molecular formula is C23H27FN4O4. The average molecular weight is 442 g/mol. The van der Waals surface area contributed by atoms with Crippen LogP contribution >= 0.6 is 0 Å². The molecule has 170 valence electrons. The summed E-state index contributed by atoms with van der Waals surface area (Å²) >= 11 is 0. The molecular weight excluding hydrogens is 415 g/mol. The van der Waals surface area contributed by atoms with E-state index in [1.807, 2.05) is 12.1 Å². The predicted octanol–water partition coefficient (Wildman–Crippen LogP) is 3.41. The minimum Gasteiger partial charge on any atom is -0.493 e. The van der Waals surface area contributed by atoms with Gasteiger partial charge >= 0.3 is 0 Å². The lowest BCUT2D eigenvalue weighted by Crippen LogP contribution is -2.37. The van der Waals surface area contributed by atoms with Crippen molar-refractivity contribution in [3.8, 4) is 28.7 Å². The van der Waals surface area contributed by atoms with Gasteiger partial charge in [0.15, 0.2) is 17.5 Å². The first-order valence-electron chi connectivity index (χ1n) is 10.0. The summed E-state index contributed by atoms with van der Waals surface area (Å²) < 4.78 is 34.7. The minimum absolute atomic E-state index is 0.296. The Balaban J connectivity index is 1.53. The highest BCUT2D eigenvalue weighted by Crippen LogP contribution is 2.38. The zero-order valence-electron chi connectivity index (χ0n) is 18.6. The second-order valence-corrected chi connectivity index (χ2v) is 6.79. The van der Waals surface area contributed by atoms with E-state index in [9.17, 15) is 4.39 Å². The molecule has 0 saturated heterocycles. The number of rotatable bonds is 9. The van der Waals surface area contributed by atoms with E-state index in [4.69, 9.17) is 18.6 Å². The number of hydrogen-bond donors (Lipinski definition) is 2. The molecule has 2 N–H and O–H groups in total. The van der Waals surface area contributed by atoms with Gasteiger partial charge in [-0.05, 0) is 42.0 Å². The summed E-state index contributed by atoms with van der Waals surface area (Å²) in [7, 11) is 6.44. The molecule has 2 aromatic carbocycles. The number of nitrogens with one attached hydrogen (secondary N) is 2. The van der Waals surface area contributed by atoms with Gasteiger partial charge in [-0.25, -0.2) is 9.37 Å². The van der Waals surface area contributed by atoms with E-state index >= 15 is 0 Å². The number of methoxy groups -OCH3 is 3. The van der Waals surface area contributed by atoms with Crippen LogP contribution in [-0.4, -0.2) is 45.9 Å². The van der Waals surface area contributed by atoms with Crippen molar-refractivity contribution in [2.45, 2.75) is 13.0 Å². The van der Waals surface area contributed by atoms with E-state index in [2.05, 4.69) is 20.6 Å². The van der Waals surface area contributed by atoms with Gasteiger partial charge < -0.3 is 29.3 Å². The standard InChI is InChI=1S/C23H27FN4O4/c1-25-23(27-13-15-11-19(29-2)21(31-4)20(12-15)30-3)26-10-9-18-14-32-22(28-18)16-5-7-17(24)8-6-16/h5-8,11-12,14H,9-10,13H2,1-4H3,(H2,25,26,27). The van der Waals surface area contributed by atoms with Crippen molar-refractivity contribution in [2.24, 2.45) is 4.99 Å². The van der Waals surface area contributed by atoms with Crippen molar-refractivity contribution in [2.75, 3.05) is 34.9 Å². The monoisotopic (exact) mass is 442 g/mol. The van der Waals surface area contributed by atoms with Crippen LogP contribution in [0.15, 0.2) is 52.1 Å². The zero-order valence-corrected chi connectivity index (χ0v) is 18.6. The lowest BCUT2D eigenvalue weighted by molar-refractivity contribution is 0.323. The van der Waals surface area contributed by atoms with Crippen molar-refractivity contribution < 1.29 is 23.0 Å². The first-order valence-corrected chi connectivity index (χ1v) is 10.0. The van der Waals surface area contributed by atoms with Crippen molar-refractivity contribution in [3.05, 3.63) is 59.7 Å². The fourth-order valence-corrected chi connectivity index (χ4v) is 3.10. The SMILES string of the molecule is CN=C(NCCc1coc(-c2ccc(F)cc2)n1)NCc1cc(OC)c(OC)c(OC)c1. The Morgan fingerprint density at radius 1 is 1.03 bits per heavy atom. The molecule has 0 amide bonds. The molecule has 0 bridgehead atoms. The molecule has 0 unspecified atom stereocenters. The molecule has 0 fully saturated rings. The van der Waals surface area contributed by atoms with E-state index in [1.54, 1.807) is 46.8 Å². The van der Waals surface area contributed by atoms with Crippen LogP contribution in [-0.2, 0) is 13.0 Å². The van der Waals surface area contributed by atoms with Crippen LogP contribution in [0.1, 0.15) is 11.3 Å². The van der Waals surface area contributed by atoms with Crippen LogP contribution in [0.5, 0.6) is 17.2 Å². The van der Waals surface area contributed by atoms with Crippen LogP contribution in [0.2, 0.25) is 0 Å². The molecule has 0 aliphatic heterocycles. The van der Waals surface area contributed by atoms with Gasteiger partial charge in [-0.15, -0.1) is 0 Å². The maximum Gasteiger partial charge on any atom is 0.226 e. The third kappa shape index (κ3) is 5.69. The Kier molecular flexibility index (Phi) is 7.91. The second kappa shape index (κ2) is 11.0. The molecule has 3 rings (SSSR count). The van der Waals surface area contributed by atoms with Gasteiger partial charge in [0.1, 0.15) is 12.1 Å². The molecule has 1 aromatic heterocycles. The Bertz CT molecular complexity index is 1030. The summed E-state index contributed by atoms with van der Waals surface area (Å²) in [5.74, 6) is 2.54. The highest BCUT2D eigenvalue weighted by atomic mass is 19.1. The Morgan fingerprint density at radius 2 is 1.72 bits per heavy atom. The summed E-state index contributed by atoms with van der Waals surface area (Å²) in [4.78, 5) is 8.69.